The van der Waals surface area contributed by atoms with Crippen molar-refractivity contribution in [3.8, 4) is 0 Å². The van der Waals surface area contributed by atoms with Crippen LogP contribution in [0.25, 0.3) is 0 Å². The molecule has 0 spiro atoms. The first-order valence-corrected chi connectivity index (χ1v) is 6.22. The van der Waals surface area contributed by atoms with Gasteiger partial charge in [0.2, 0.25) is 0 Å². The molecule has 2 aromatic carbocycles. The lowest BCUT2D eigenvalue weighted by Crippen LogP contribution is -2.31. The third-order valence-electron chi connectivity index (χ3n) is 3.22. The predicted molar refractivity (Wildman–Crippen MR) is 90.7 cm³/mol. The van der Waals surface area contributed by atoms with Crippen LogP contribution < -0.4 is 5.73 Å². The number of nitrogens with two attached hydrogens (primary N) is 1. The quantitative estimate of drug-likeness (QED) is 0.929. The Kier molecular flexibility index (Phi) is 8.51. The van der Waals surface area contributed by atoms with E-state index in [1.165, 1.54) is 11.1 Å². The summed E-state index contributed by atoms with van der Waals surface area (Å²) in [6.07, 6.45) is 0. The molecule has 0 aliphatic rings. The lowest BCUT2D eigenvalue weighted by atomic mass is 9.93. The van der Waals surface area contributed by atoms with Crippen molar-refractivity contribution in [2.75, 3.05) is 14.1 Å². The van der Waals surface area contributed by atoms with Gasteiger partial charge in [0.25, 0.3) is 0 Å². The fraction of sp³-hybridized carbons (Fsp3) is 0.250. The fourth-order valence-corrected chi connectivity index (χ4v) is 2.33. The summed E-state index contributed by atoms with van der Waals surface area (Å²) in [6.45, 7) is 0. The maximum atomic E-state index is 6.43. The monoisotopic (exact) mass is 312 g/mol. The van der Waals surface area contributed by atoms with E-state index in [-0.39, 0.29) is 36.9 Å². The van der Waals surface area contributed by atoms with Crippen LogP contribution in [0.3, 0.4) is 0 Å². The van der Waals surface area contributed by atoms with Gasteiger partial charge in [-0.1, -0.05) is 60.7 Å². The zero-order valence-corrected chi connectivity index (χ0v) is 13.4. The van der Waals surface area contributed by atoms with E-state index in [4.69, 9.17) is 5.73 Å². The molecule has 4 heteroatoms. The Hall–Kier alpha value is -1.06. The summed E-state index contributed by atoms with van der Waals surface area (Å²) >= 11 is 0. The van der Waals surface area contributed by atoms with Gasteiger partial charge in [0, 0.05) is 6.04 Å². The molecule has 2 N–H and O–H groups in total. The molecular formula is C16H22Cl2N2. The Balaban J connectivity index is 0.00000180. The third kappa shape index (κ3) is 4.50. The first kappa shape index (κ1) is 18.9. The number of nitrogens with zero attached hydrogens (tertiary/aromatic N) is 1. The minimum Gasteiger partial charge on any atom is -0.322 e. The standard InChI is InChI=1S/C16H20N2.2ClH/c1-18(2)16(14-11-7-4-8-12-14)15(17)13-9-5-3-6-10-13;;/h3-12,15-16H,17H2,1-2H3;2*1H/t15-,16-;;/m1../s1. The second-order valence-electron chi connectivity index (χ2n) is 4.76. The molecule has 2 rings (SSSR count). The summed E-state index contributed by atoms with van der Waals surface area (Å²) in [5.74, 6) is 0. The predicted octanol–water partition coefficient (Wildman–Crippen LogP) is 3.83. The van der Waals surface area contributed by atoms with Gasteiger partial charge < -0.3 is 10.6 Å². The average molecular weight is 313 g/mol. The molecule has 0 radical (unpaired) electrons. The Morgan fingerprint density at radius 2 is 1.15 bits per heavy atom. The molecule has 0 unspecified atom stereocenters. The van der Waals surface area contributed by atoms with Crippen LogP contribution in [0.5, 0.6) is 0 Å². The fourth-order valence-electron chi connectivity index (χ4n) is 2.33. The molecule has 0 saturated carbocycles. The van der Waals surface area contributed by atoms with Crippen LogP contribution in [0, 0.1) is 0 Å². The molecule has 0 fully saturated rings. The summed E-state index contributed by atoms with van der Waals surface area (Å²) < 4.78 is 0. The highest BCUT2D eigenvalue weighted by molar-refractivity contribution is 5.85. The van der Waals surface area contributed by atoms with E-state index in [2.05, 4.69) is 55.4 Å². The number of hydrogen-bond acceptors (Lipinski definition) is 2. The Morgan fingerprint density at radius 3 is 1.55 bits per heavy atom. The highest BCUT2D eigenvalue weighted by Crippen LogP contribution is 2.30. The molecule has 0 aromatic heterocycles. The van der Waals surface area contributed by atoms with Gasteiger partial charge in [0.1, 0.15) is 0 Å². The molecule has 2 nitrogen and oxygen atoms in total. The molecule has 20 heavy (non-hydrogen) atoms. The smallest absolute Gasteiger partial charge is 0.0536 e. The van der Waals surface area contributed by atoms with Crippen molar-refractivity contribution in [1.29, 1.82) is 0 Å². The first-order chi connectivity index (χ1) is 8.70. The van der Waals surface area contributed by atoms with Gasteiger partial charge in [-0.25, -0.2) is 0 Å². The van der Waals surface area contributed by atoms with Crippen LogP contribution >= 0.6 is 24.8 Å². The van der Waals surface area contributed by atoms with Crippen LogP contribution in [-0.2, 0) is 0 Å². The van der Waals surface area contributed by atoms with Crippen LogP contribution in [0.1, 0.15) is 23.2 Å². The molecule has 0 amide bonds. The zero-order valence-electron chi connectivity index (χ0n) is 11.8. The molecule has 0 aliphatic carbocycles. The van der Waals surface area contributed by atoms with Gasteiger partial charge in [-0.15, -0.1) is 24.8 Å². The topological polar surface area (TPSA) is 29.3 Å². The first-order valence-electron chi connectivity index (χ1n) is 6.22. The summed E-state index contributed by atoms with van der Waals surface area (Å²) in [6, 6.07) is 20.8. The Morgan fingerprint density at radius 1 is 0.750 bits per heavy atom. The van der Waals surface area contributed by atoms with E-state index in [9.17, 15) is 0 Å². The van der Waals surface area contributed by atoms with Crippen molar-refractivity contribution in [3.63, 3.8) is 0 Å². The van der Waals surface area contributed by atoms with Crippen LogP contribution in [0.2, 0.25) is 0 Å². The number of benzene rings is 2. The van der Waals surface area contributed by atoms with Crippen molar-refractivity contribution in [3.05, 3.63) is 71.8 Å². The maximum Gasteiger partial charge on any atom is 0.0536 e. The van der Waals surface area contributed by atoms with E-state index >= 15 is 0 Å². The van der Waals surface area contributed by atoms with Gasteiger partial charge in [-0.05, 0) is 25.2 Å². The minimum atomic E-state index is -0.0244. The van der Waals surface area contributed by atoms with Crippen molar-refractivity contribution in [1.82, 2.24) is 4.90 Å². The summed E-state index contributed by atoms with van der Waals surface area (Å²) in [5.41, 5.74) is 8.85. The molecular weight excluding hydrogens is 291 g/mol. The van der Waals surface area contributed by atoms with Gasteiger partial charge >= 0.3 is 0 Å². The molecule has 0 aliphatic heterocycles. The molecule has 0 bridgehead atoms. The van der Waals surface area contributed by atoms with Gasteiger partial charge in [0.15, 0.2) is 0 Å². The van der Waals surface area contributed by atoms with Crippen LogP contribution in [-0.4, -0.2) is 19.0 Å². The average Bonchev–Trinajstić information content (AvgIpc) is 2.40. The van der Waals surface area contributed by atoms with Crippen LogP contribution in [0.4, 0.5) is 0 Å². The molecule has 2 atom stereocenters. The normalized spacial score (nSPS) is 13.0. The minimum absolute atomic E-state index is 0. The SMILES string of the molecule is CN(C)[C@H](c1ccccc1)[C@H](N)c1ccccc1.Cl.Cl. The van der Waals surface area contributed by atoms with Crippen molar-refractivity contribution in [2.24, 2.45) is 5.73 Å². The van der Waals surface area contributed by atoms with Gasteiger partial charge in [-0.2, -0.15) is 0 Å². The maximum absolute atomic E-state index is 6.43. The van der Waals surface area contributed by atoms with Crippen molar-refractivity contribution >= 4 is 24.8 Å². The van der Waals surface area contributed by atoms with Gasteiger partial charge in [0.05, 0.1) is 6.04 Å². The zero-order chi connectivity index (χ0) is 13.0. The Bertz CT molecular complexity index is 474. The number of likely N-dealkylation sites (N-methyl/N-ethyl adjacent to an activating group) is 1. The second-order valence-corrected chi connectivity index (χ2v) is 4.76. The van der Waals surface area contributed by atoms with Crippen molar-refractivity contribution < 1.29 is 0 Å². The summed E-state index contributed by atoms with van der Waals surface area (Å²) in [5, 5.41) is 0. The highest BCUT2D eigenvalue weighted by Gasteiger charge is 2.22. The van der Waals surface area contributed by atoms with Crippen LogP contribution in [0.15, 0.2) is 60.7 Å². The van der Waals surface area contributed by atoms with E-state index < -0.39 is 0 Å². The van der Waals surface area contributed by atoms with E-state index in [0.717, 1.165) is 0 Å². The van der Waals surface area contributed by atoms with Gasteiger partial charge in [-0.3, -0.25) is 0 Å². The van der Waals surface area contributed by atoms with E-state index in [1.54, 1.807) is 0 Å². The lowest BCUT2D eigenvalue weighted by molar-refractivity contribution is 0.259. The summed E-state index contributed by atoms with van der Waals surface area (Å²) in [7, 11) is 4.14. The second kappa shape index (κ2) is 8.98. The van der Waals surface area contributed by atoms with E-state index in [1.807, 2.05) is 24.3 Å². The summed E-state index contributed by atoms with van der Waals surface area (Å²) in [4.78, 5) is 2.17. The molecule has 110 valence electrons. The lowest BCUT2D eigenvalue weighted by Gasteiger charge is -2.30. The highest BCUT2D eigenvalue weighted by atomic mass is 35.5. The third-order valence-corrected chi connectivity index (χ3v) is 3.22. The largest absolute Gasteiger partial charge is 0.322 e. The van der Waals surface area contributed by atoms with E-state index in [0.29, 0.717) is 0 Å². The molecule has 2 aromatic rings. The number of rotatable bonds is 4. The molecule has 0 heterocycles. The molecule has 0 saturated heterocycles. The number of halogens is 2. The number of hydrogen-bond donors (Lipinski definition) is 1. The Labute approximate surface area is 133 Å². The van der Waals surface area contributed by atoms with Crippen molar-refractivity contribution in [2.45, 2.75) is 12.1 Å².